The highest BCUT2D eigenvalue weighted by atomic mass is 16.6. The highest BCUT2D eigenvalue weighted by Gasteiger charge is 2.36. The first-order chi connectivity index (χ1) is 20.9. The van der Waals surface area contributed by atoms with Crippen LogP contribution in [-0.4, -0.2) is 44.2 Å². The largest absolute Gasteiger partial charge is 0.466 e. The van der Waals surface area contributed by atoms with Gasteiger partial charge in [-0.1, -0.05) is 47.5 Å². The van der Waals surface area contributed by atoms with Gasteiger partial charge in [0.15, 0.2) is 11.6 Å². The Hall–Kier alpha value is -5.12. The smallest absolute Gasteiger partial charge is 0.374 e. The Morgan fingerprint density at radius 2 is 1.30 bits per heavy atom. The first kappa shape index (κ1) is 31.8. The minimum Gasteiger partial charge on any atom is -0.466 e. The number of carbonyl (C=O) groups is 2. The summed E-state index contributed by atoms with van der Waals surface area (Å²) in [5.41, 5.74) is 8.37. The van der Waals surface area contributed by atoms with E-state index in [2.05, 4.69) is 34.1 Å². The third kappa shape index (κ3) is 6.44. The Balaban J connectivity index is 2.14. The van der Waals surface area contributed by atoms with Crippen LogP contribution >= 0.6 is 0 Å². The van der Waals surface area contributed by atoms with Crippen molar-refractivity contribution in [1.29, 1.82) is 0 Å². The van der Waals surface area contributed by atoms with Crippen molar-refractivity contribution < 1.29 is 28.7 Å². The monoisotopic (exact) mass is 599 g/mol. The summed E-state index contributed by atoms with van der Waals surface area (Å²) < 4.78 is 16.1. The summed E-state index contributed by atoms with van der Waals surface area (Å²) >= 11 is 0. The molecule has 0 saturated carbocycles. The molecular formula is C34H37N3O7. The summed E-state index contributed by atoms with van der Waals surface area (Å²) in [5, 5.41) is 11.9. The zero-order chi connectivity index (χ0) is 32.3. The maximum Gasteiger partial charge on any atom is 0.374 e. The summed E-state index contributed by atoms with van der Waals surface area (Å²) in [6.07, 6.45) is 0.901. The van der Waals surface area contributed by atoms with E-state index in [0.29, 0.717) is 24.5 Å². The molecule has 0 spiro atoms. The minimum absolute atomic E-state index is 0.130. The first-order valence-electron chi connectivity index (χ1n) is 14.1. The van der Waals surface area contributed by atoms with Gasteiger partial charge in [0.1, 0.15) is 0 Å². The lowest BCUT2D eigenvalue weighted by Crippen LogP contribution is -2.28. The van der Waals surface area contributed by atoms with Gasteiger partial charge in [-0.3, -0.25) is 10.1 Å². The van der Waals surface area contributed by atoms with E-state index >= 15 is 0 Å². The van der Waals surface area contributed by atoms with E-state index in [-0.39, 0.29) is 11.4 Å². The summed E-state index contributed by atoms with van der Waals surface area (Å²) in [5.74, 6) is -1.50. The van der Waals surface area contributed by atoms with E-state index in [1.165, 1.54) is 26.4 Å². The van der Waals surface area contributed by atoms with Crippen LogP contribution in [0.25, 0.3) is 5.76 Å². The van der Waals surface area contributed by atoms with Crippen molar-refractivity contribution in [3.63, 3.8) is 0 Å². The number of hydrogen-bond acceptors (Lipinski definition) is 9. The molecule has 230 valence electrons. The van der Waals surface area contributed by atoms with E-state index < -0.39 is 22.6 Å². The van der Waals surface area contributed by atoms with Crippen molar-refractivity contribution in [1.82, 2.24) is 0 Å². The lowest BCUT2D eigenvalue weighted by Gasteiger charge is -2.31. The normalized spacial score (nSPS) is 13.2. The van der Waals surface area contributed by atoms with Crippen LogP contribution in [0, 0.1) is 51.7 Å². The number of hydrogen-bond donors (Lipinski definition) is 0. The second-order valence-corrected chi connectivity index (χ2v) is 10.9. The van der Waals surface area contributed by atoms with Gasteiger partial charge in [-0.25, -0.2) is 9.59 Å². The molecule has 1 heterocycles. The number of nitro groups is 1. The van der Waals surface area contributed by atoms with Crippen LogP contribution in [0.1, 0.15) is 38.9 Å². The highest BCUT2D eigenvalue weighted by Crippen LogP contribution is 2.42. The number of rotatable bonds is 8. The lowest BCUT2D eigenvalue weighted by atomic mass is 10.0. The number of benzene rings is 3. The minimum atomic E-state index is -0.916. The fourth-order valence-electron chi connectivity index (χ4n) is 5.94. The number of non-ortho nitro benzene ring substituents is 1. The first-order valence-corrected chi connectivity index (χ1v) is 14.1. The number of anilines is 2. The molecular weight excluding hydrogens is 562 g/mol. The van der Waals surface area contributed by atoms with E-state index in [0.717, 1.165) is 50.8 Å². The molecule has 10 heteroatoms. The Bertz CT molecular complexity index is 1590. The van der Waals surface area contributed by atoms with E-state index in [1.807, 2.05) is 41.5 Å². The van der Waals surface area contributed by atoms with Gasteiger partial charge in [-0.15, -0.1) is 0 Å². The van der Waals surface area contributed by atoms with Crippen molar-refractivity contribution in [3.8, 4) is 0 Å². The Labute approximate surface area is 257 Å². The molecule has 1 aliphatic heterocycles. The summed E-state index contributed by atoms with van der Waals surface area (Å²) in [7, 11) is 2.35. The molecule has 1 fully saturated rings. The van der Waals surface area contributed by atoms with Crippen LogP contribution in [-0.2, 0) is 23.8 Å². The molecule has 4 rings (SSSR count). The molecule has 0 atom stereocenters. The number of methoxy groups -OCH3 is 2. The summed E-state index contributed by atoms with van der Waals surface area (Å²) in [6, 6.07) is 14.4. The molecule has 0 N–H and O–H groups in total. The maximum atomic E-state index is 12.9. The van der Waals surface area contributed by atoms with Gasteiger partial charge in [-0.05, 0) is 63.8 Å². The predicted molar refractivity (Wildman–Crippen MR) is 169 cm³/mol. The fraction of sp³-hybridized carbons (Fsp3) is 0.294. The Kier molecular flexibility index (Phi) is 9.42. The molecule has 1 saturated heterocycles. The molecule has 0 amide bonds. The number of nitro benzene ring substituents is 1. The van der Waals surface area contributed by atoms with Crippen molar-refractivity contribution in [2.45, 2.75) is 41.5 Å². The van der Waals surface area contributed by atoms with E-state index in [1.54, 1.807) is 12.1 Å². The van der Waals surface area contributed by atoms with Gasteiger partial charge in [0.2, 0.25) is 5.76 Å². The van der Waals surface area contributed by atoms with Gasteiger partial charge >= 0.3 is 11.9 Å². The molecule has 44 heavy (non-hydrogen) atoms. The predicted octanol–water partition coefficient (Wildman–Crippen LogP) is 6.34. The van der Waals surface area contributed by atoms with E-state index in [4.69, 9.17) is 14.2 Å². The third-order valence-corrected chi connectivity index (χ3v) is 7.44. The van der Waals surface area contributed by atoms with Crippen LogP contribution in [0.4, 0.5) is 17.1 Å². The third-order valence-electron chi connectivity index (χ3n) is 7.44. The quantitative estimate of drug-likeness (QED) is 0.0962. The van der Waals surface area contributed by atoms with Gasteiger partial charge in [-0.2, -0.15) is 0 Å². The van der Waals surface area contributed by atoms with Crippen molar-refractivity contribution in [2.24, 2.45) is 0 Å². The van der Waals surface area contributed by atoms with Crippen LogP contribution in [0.3, 0.4) is 0 Å². The van der Waals surface area contributed by atoms with Crippen LogP contribution < -0.4 is 9.80 Å². The number of ether oxygens (including phenoxy) is 3. The number of carbonyl (C=O) groups excluding carboxylic acids is 2. The van der Waals surface area contributed by atoms with Gasteiger partial charge in [0.05, 0.1) is 25.2 Å². The number of nitrogens with zero attached hydrogens (tertiary/aromatic N) is 3. The molecule has 3 aromatic rings. The van der Waals surface area contributed by atoms with Crippen molar-refractivity contribution in [2.75, 3.05) is 37.1 Å². The Morgan fingerprint density at radius 1 is 0.795 bits per heavy atom. The average molecular weight is 600 g/mol. The van der Waals surface area contributed by atoms with Crippen molar-refractivity contribution >= 4 is 34.8 Å². The topological polar surface area (TPSA) is 111 Å². The zero-order valence-electron chi connectivity index (χ0n) is 26.3. The fourth-order valence-corrected chi connectivity index (χ4v) is 5.94. The Morgan fingerprint density at radius 3 is 1.73 bits per heavy atom. The molecule has 1 aliphatic rings. The van der Waals surface area contributed by atoms with E-state index in [9.17, 15) is 19.7 Å². The standard InChI is InChI=1S/C34H37N3O7/c1-20-14-22(3)30(23(4)15-20)35-12-13-36(31-24(5)16-21(2)17-25(31)6)33(35)32(26-10-9-11-27(18-26)37(40)41)44-28(34(39)43-8)19-29(38)42-7/h9-11,14-19H,12-13H2,1-8H3. The lowest BCUT2D eigenvalue weighted by molar-refractivity contribution is -0.384. The number of esters is 2. The van der Waals surface area contributed by atoms with Gasteiger partial charge in [0.25, 0.3) is 5.69 Å². The van der Waals surface area contributed by atoms with Crippen LogP contribution in [0.15, 0.2) is 66.2 Å². The molecule has 10 nitrogen and oxygen atoms in total. The maximum absolute atomic E-state index is 12.9. The molecule has 0 bridgehead atoms. The van der Waals surface area contributed by atoms with Gasteiger partial charge in [0, 0.05) is 42.2 Å². The molecule has 3 aromatic carbocycles. The molecule has 0 aliphatic carbocycles. The zero-order valence-corrected chi connectivity index (χ0v) is 26.3. The highest BCUT2D eigenvalue weighted by molar-refractivity contribution is 5.96. The summed E-state index contributed by atoms with van der Waals surface area (Å²) in [4.78, 5) is 40.8. The summed E-state index contributed by atoms with van der Waals surface area (Å²) in [6.45, 7) is 13.3. The number of aryl methyl sites for hydroxylation is 6. The second kappa shape index (κ2) is 13.0. The van der Waals surface area contributed by atoms with Crippen LogP contribution in [0.2, 0.25) is 0 Å². The molecule has 0 unspecified atom stereocenters. The average Bonchev–Trinajstić information content (AvgIpc) is 3.36. The van der Waals surface area contributed by atoms with Gasteiger partial charge < -0.3 is 24.0 Å². The van der Waals surface area contributed by atoms with Crippen LogP contribution in [0.5, 0.6) is 0 Å². The SMILES string of the molecule is COC(=O)C=C(OC(=C1N(c2c(C)cc(C)cc2C)CCN1c1c(C)cc(C)cc1C)c1cccc([N+](=O)[O-])c1)C(=O)OC. The van der Waals surface area contributed by atoms with Crippen molar-refractivity contribution in [3.05, 3.63) is 115 Å². The molecule has 0 aromatic heterocycles. The second-order valence-electron chi connectivity index (χ2n) is 10.9. The molecule has 0 radical (unpaired) electrons.